The minimum absolute atomic E-state index is 0.0981. The predicted molar refractivity (Wildman–Crippen MR) is 114 cm³/mol. The minimum atomic E-state index is -1.24. The molecule has 0 saturated carbocycles. The van der Waals surface area contributed by atoms with Crippen LogP contribution >= 0.6 is 9.47 Å². The summed E-state index contributed by atoms with van der Waals surface area (Å²) in [6.07, 6.45) is 0. The molecule has 0 bridgehead atoms. The molecule has 2 aromatic carbocycles. The lowest BCUT2D eigenvalue weighted by molar-refractivity contribution is -0.124. The van der Waals surface area contributed by atoms with Crippen molar-refractivity contribution in [3.63, 3.8) is 0 Å². The Kier molecular flexibility index (Phi) is 6.97. The largest absolute Gasteiger partial charge is 0.480 e. The lowest BCUT2D eigenvalue weighted by atomic mass is 9.62. The number of rotatable bonds is 3. The lowest BCUT2D eigenvalue weighted by Gasteiger charge is -2.44. The quantitative estimate of drug-likeness (QED) is 0.721. The van der Waals surface area contributed by atoms with Gasteiger partial charge in [0.2, 0.25) is 0 Å². The highest BCUT2D eigenvalue weighted by Crippen LogP contribution is 2.50. The molecule has 4 atom stereocenters. The fourth-order valence-electron chi connectivity index (χ4n) is 3.80. The normalized spacial score (nSPS) is 24.9. The first kappa shape index (κ1) is 21.3. The molecule has 4 unspecified atom stereocenters. The summed E-state index contributed by atoms with van der Waals surface area (Å²) in [7, 11) is 2.22. The summed E-state index contributed by atoms with van der Waals surface area (Å²) in [4.78, 5) is 12.7. The fourth-order valence-corrected chi connectivity index (χ4v) is 3.96. The Bertz CT molecular complexity index is 811. The fraction of sp³-hybridized carbons (Fsp3) is 0.348. The summed E-state index contributed by atoms with van der Waals surface area (Å²) in [5, 5.41) is 11.9. The van der Waals surface area contributed by atoms with E-state index in [1.165, 1.54) is 0 Å². The smallest absolute Gasteiger partial charge is 0.162 e. The van der Waals surface area contributed by atoms with Crippen LogP contribution in [0.3, 0.4) is 0 Å². The first-order valence-electron chi connectivity index (χ1n) is 9.41. The summed E-state index contributed by atoms with van der Waals surface area (Å²) in [5.41, 5.74) is 1.73. The molecule has 3 rings (SSSR count). The minimum Gasteiger partial charge on any atom is -0.480 e. The van der Waals surface area contributed by atoms with Gasteiger partial charge in [-0.15, -0.1) is 0 Å². The van der Waals surface area contributed by atoms with Gasteiger partial charge in [0.15, 0.2) is 5.78 Å². The molecule has 0 aliphatic heterocycles. The van der Waals surface area contributed by atoms with Crippen LogP contribution in [0.15, 0.2) is 60.2 Å². The van der Waals surface area contributed by atoms with Crippen molar-refractivity contribution in [3.8, 4) is 5.75 Å². The number of Topliss-reactive ketones (excluding diaryl/α,β-unsaturated/α-hetero) is 1. The second kappa shape index (κ2) is 8.82. The third kappa shape index (κ3) is 3.72. The number of carbonyl (C=O) groups excluding carboxylic acids is 1. The molecule has 0 saturated heterocycles. The van der Waals surface area contributed by atoms with Crippen molar-refractivity contribution >= 4 is 20.8 Å². The maximum absolute atomic E-state index is 12.7. The Morgan fingerprint density at radius 3 is 2.07 bits per heavy atom. The van der Waals surface area contributed by atoms with E-state index >= 15 is 0 Å². The number of hydrogen-bond donors (Lipinski definition) is 1. The number of aliphatic hydroxyl groups is 1. The number of ketones is 1. The van der Waals surface area contributed by atoms with Crippen LogP contribution < -0.4 is 4.52 Å². The first-order chi connectivity index (χ1) is 12.9. The van der Waals surface area contributed by atoms with Gasteiger partial charge in [-0.3, -0.25) is 4.79 Å². The zero-order valence-corrected chi connectivity index (χ0v) is 17.8. The average molecular weight is 384 g/mol. The van der Waals surface area contributed by atoms with E-state index in [1.54, 1.807) is 0 Å². The molecule has 1 N–H and O–H groups in total. The van der Waals surface area contributed by atoms with Gasteiger partial charge in [-0.2, -0.15) is 0 Å². The van der Waals surface area contributed by atoms with Crippen molar-refractivity contribution < 1.29 is 14.4 Å². The van der Waals surface area contributed by atoms with Crippen molar-refractivity contribution in [1.29, 1.82) is 0 Å². The standard InChI is InChI=1S/C21H23O3P.C2H6/c1-13-15(3)21(23,17-9-11-18(24-25)12-10-17)19(14(2)20(13)22)16-7-5-4-6-8-16;1-2/h4-13,15,23H,25H2,1-3H3;1-2H3. The Morgan fingerprint density at radius 1 is 1.00 bits per heavy atom. The van der Waals surface area contributed by atoms with E-state index in [9.17, 15) is 9.90 Å². The van der Waals surface area contributed by atoms with Crippen LogP contribution in [-0.2, 0) is 10.4 Å². The van der Waals surface area contributed by atoms with Crippen LogP contribution in [0.2, 0.25) is 0 Å². The molecule has 1 aliphatic rings. The molecule has 0 heterocycles. The maximum Gasteiger partial charge on any atom is 0.162 e. The van der Waals surface area contributed by atoms with E-state index in [0.29, 0.717) is 16.9 Å². The Hall–Kier alpha value is -1.96. The van der Waals surface area contributed by atoms with E-state index in [2.05, 4.69) is 9.47 Å². The summed E-state index contributed by atoms with van der Waals surface area (Å²) in [5.74, 6) is 0.296. The number of hydrogen-bond acceptors (Lipinski definition) is 3. The van der Waals surface area contributed by atoms with Gasteiger partial charge in [0.05, 0.1) is 9.47 Å². The highest BCUT2D eigenvalue weighted by atomic mass is 31.0. The van der Waals surface area contributed by atoms with Gasteiger partial charge in [-0.05, 0) is 35.8 Å². The molecular weight excluding hydrogens is 355 g/mol. The second-order valence-electron chi connectivity index (χ2n) is 6.72. The highest BCUT2D eigenvalue weighted by molar-refractivity contribution is 7.10. The Labute approximate surface area is 164 Å². The molecule has 0 aromatic heterocycles. The summed E-state index contributed by atoms with van der Waals surface area (Å²) in [6.45, 7) is 9.65. The molecule has 4 heteroatoms. The van der Waals surface area contributed by atoms with E-state index in [1.807, 2.05) is 89.2 Å². The van der Waals surface area contributed by atoms with Gasteiger partial charge in [0.1, 0.15) is 11.4 Å². The molecular formula is C23H29O3P. The first-order valence-corrected chi connectivity index (χ1v) is 9.89. The molecule has 144 valence electrons. The maximum atomic E-state index is 12.7. The number of carbonyl (C=O) groups is 1. The number of benzene rings is 2. The zero-order valence-electron chi connectivity index (χ0n) is 16.7. The van der Waals surface area contributed by atoms with E-state index in [0.717, 1.165) is 11.1 Å². The zero-order chi connectivity index (χ0) is 20.2. The molecule has 0 amide bonds. The van der Waals surface area contributed by atoms with Gasteiger partial charge >= 0.3 is 0 Å². The van der Waals surface area contributed by atoms with Gasteiger partial charge in [-0.25, -0.2) is 0 Å². The topological polar surface area (TPSA) is 46.5 Å². The molecule has 0 fully saturated rings. The third-order valence-corrected chi connectivity index (χ3v) is 5.71. The Morgan fingerprint density at radius 2 is 1.56 bits per heavy atom. The third-order valence-electron chi connectivity index (χ3n) is 5.44. The van der Waals surface area contributed by atoms with Gasteiger partial charge in [-0.1, -0.05) is 70.2 Å². The Balaban J connectivity index is 0.00000126. The number of allylic oxidation sites excluding steroid dienone is 1. The van der Waals surface area contributed by atoms with Crippen molar-refractivity contribution in [1.82, 2.24) is 0 Å². The van der Waals surface area contributed by atoms with Crippen molar-refractivity contribution in [3.05, 3.63) is 71.3 Å². The molecule has 0 spiro atoms. The summed E-state index contributed by atoms with van der Waals surface area (Å²) >= 11 is 0. The monoisotopic (exact) mass is 384 g/mol. The van der Waals surface area contributed by atoms with Crippen LogP contribution in [-0.4, -0.2) is 10.9 Å². The molecule has 0 radical (unpaired) electrons. The molecule has 3 nitrogen and oxygen atoms in total. The van der Waals surface area contributed by atoms with Crippen LogP contribution in [0.5, 0.6) is 5.75 Å². The van der Waals surface area contributed by atoms with E-state index in [4.69, 9.17) is 4.52 Å². The van der Waals surface area contributed by atoms with Gasteiger partial charge < -0.3 is 9.63 Å². The molecule has 27 heavy (non-hydrogen) atoms. The van der Waals surface area contributed by atoms with Crippen LogP contribution in [0.1, 0.15) is 45.7 Å². The van der Waals surface area contributed by atoms with Crippen molar-refractivity contribution in [2.24, 2.45) is 11.8 Å². The highest BCUT2D eigenvalue weighted by Gasteiger charge is 2.49. The lowest BCUT2D eigenvalue weighted by Crippen LogP contribution is -2.45. The summed E-state index contributed by atoms with van der Waals surface area (Å²) < 4.78 is 5.16. The van der Waals surface area contributed by atoms with Gasteiger partial charge in [0, 0.05) is 17.4 Å². The predicted octanol–water partition coefficient (Wildman–Crippen LogP) is 5.40. The summed E-state index contributed by atoms with van der Waals surface area (Å²) in [6, 6.07) is 17.1. The van der Waals surface area contributed by atoms with Crippen molar-refractivity contribution in [2.75, 3.05) is 0 Å². The van der Waals surface area contributed by atoms with Crippen LogP contribution in [0, 0.1) is 11.8 Å². The van der Waals surface area contributed by atoms with Crippen LogP contribution in [0.25, 0.3) is 5.57 Å². The van der Waals surface area contributed by atoms with E-state index in [-0.39, 0.29) is 17.6 Å². The second-order valence-corrected chi connectivity index (χ2v) is 6.95. The average Bonchev–Trinajstić information content (AvgIpc) is 2.73. The van der Waals surface area contributed by atoms with E-state index < -0.39 is 5.60 Å². The van der Waals surface area contributed by atoms with Gasteiger partial charge in [0.25, 0.3) is 0 Å². The molecule has 1 aliphatic carbocycles. The SMILES string of the molecule is CC.CC1=C(c2ccccc2)C(O)(c2ccc(OP)cc2)C(C)C(C)C1=O. The van der Waals surface area contributed by atoms with Crippen molar-refractivity contribution in [2.45, 2.75) is 40.2 Å². The van der Waals surface area contributed by atoms with Crippen LogP contribution in [0.4, 0.5) is 0 Å². The molecule has 2 aromatic rings.